The monoisotopic (exact) mass is 425 g/mol. The number of hydrogen-bond acceptors (Lipinski definition) is 6. The number of ketones is 1. The van der Waals surface area contributed by atoms with Crippen molar-refractivity contribution in [1.29, 1.82) is 0 Å². The molecule has 4 rings (SSSR count). The van der Waals surface area contributed by atoms with Gasteiger partial charge in [0, 0.05) is 15.3 Å². The fourth-order valence-corrected chi connectivity index (χ4v) is 4.96. The molecule has 5 nitrogen and oxygen atoms in total. The lowest BCUT2D eigenvalue weighted by molar-refractivity contribution is -0.140. The molecule has 1 atom stereocenters. The maximum atomic E-state index is 12.9. The van der Waals surface area contributed by atoms with E-state index in [2.05, 4.69) is 0 Å². The summed E-state index contributed by atoms with van der Waals surface area (Å²) >= 11 is 2.98. The van der Waals surface area contributed by atoms with Crippen molar-refractivity contribution < 1.29 is 19.4 Å². The van der Waals surface area contributed by atoms with Crippen LogP contribution in [0.3, 0.4) is 0 Å². The second kappa shape index (κ2) is 8.23. The number of ether oxygens (including phenoxy) is 1. The number of benzene rings is 1. The number of rotatable bonds is 6. The van der Waals surface area contributed by atoms with E-state index in [-0.39, 0.29) is 11.3 Å². The van der Waals surface area contributed by atoms with Crippen LogP contribution in [0.5, 0.6) is 5.75 Å². The van der Waals surface area contributed by atoms with Crippen LogP contribution in [-0.2, 0) is 16.1 Å². The average Bonchev–Trinajstić information content (AvgIpc) is 3.47. The van der Waals surface area contributed by atoms with Crippen molar-refractivity contribution in [3.63, 3.8) is 0 Å². The lowest BCUT2D eigenvalue weighted by atomic mass is 9.99. The number of aliphatic hydroxyl groups is 1. The van der Waals surface area contributed by atoms with Crippen LogP contribution in [0.4, 0.5) is 0 Å². The number of hydrogen-bond donors (Lipinski definition) is 1. The molecule has 1 unspecified atom stereocenters. The number of carbonyl (C=O) groups is 2. The average molecular weight is 426 g/mol. The van der Waals surface area contributed by atoms with E-state index in [1.165, 1.54) is 27.6 Å². The van der Waals surface area contributed by atoms with Crippen LogP contribution < -0.4 is 4.74 Å². The molecule has 29 heavy (non-hydrogen) atoms. The van der Waals surface area contributed by atoms with Crippen LogP contribution in [0.25, 0.3) is 5.76 Å². The molecule has 148 valence electrons. The highest BCUT2D eigenvalue weighted by atomic mass is 32.1. The maximum Gasteiger partial charge on any atom is 0.296 e. The summed E-state index contributed by atoms with van der Waals surface area (Å²) < 4.78 is 5.51. The second-order valence-corrected chi connectivity index (χ2v) is 8.49. The molecule has 3 heterocycles. The molecule has 1 aliphatic rings. The lowest BCUT2D eigenvalue weighted by Crippen LogP contribution is -2.28. The zero-order valence-electron chi connectivity index (χ0n) is 15.7. The number of carbonyl (C=O) groups excluding carboxylic acids is 2. The third kappa shape index (κ3) is 3.71. The molecule has 0 spiro atoms. The molecule has 0 bridgehead atoms. The molecule has 0 saturated carbocycles. The molecular weight excluding hydrogens is 406 g/mol. The standard InChI is InChI=1S/C22H19NO4S2/c1-2-27-15-7-3-6-14(12-15)20(24)18-19(17-9-5-11-29-17)23(22(26)21(18)25)13-16-8-4-10-28-16/h3-12,19,24H,2,13H2,1H3/b20-18-. The Hall–Kier alpha value is -2.90. The molecule has 1 amide bonds. The number of nitrogens with zero attached hydrogens (tertiary/aromatic N) is 1. The van der Waals surface area contributed by atoms with E-state index < -0.39 is 17.7 Å². The Kier molecular flexibility index (Phi) is 5.51. The highest BCUT2D eigenvalue weighted by Gasteiger charge is 2.46. The summed E-state index contributed by atoms with van der Waals surface area (Å²) in [6, 6.07) is 13.9. The molecule has 0 aliphatic carbocycles. The minimum absolute atomic E-state index is 0.114. The number of Topliss-reactive ketones (excluding diaryl/α,β-unsaturated/α-hetero) is 1. The maximum absolute atomic E-state index is 12.9. The number of amides is 1. The molecule has 7 heteroatoms. The third-order valence-electron chi connectivity index (χ3n) is 4.68. The zero-order chi connectivity index (χ0) is 20.4. The second-order valence-electron chi connectivity index (χ2n) is 6.48. The Morgan fingerprint density at radius 3 is 2.59 bits per heavy atom. The molecular formula is C22H19NO4S2. The topological polar surface area (TPSA) is 66.8 Å². The Morgan fingerprint density at radius 1 is 1.10 bits per heavy atom. The van der Waals surface area contributed by atoms with Gasteiger partial charge in [-0.3, -0.25) is 9.59 Å². The van der Waals surface area contributed by atoms with Crippen LogP contribution in [0.2, 0.25) is 0 Å². The highest BCUT2D eigenvalue weighted by molar-refractivity contribution is 7.10. The zero-order valence-corrected chi connectivity index (χ0v) is 17.3. The normalized spacial score (nSPS) is 18.4. The van der Waals surface area contributed by atoms with Gasteiger partial charge in [0.15, 0.2) is 0 Å². The summed E-state index contributed by atoms with van der Waals surface area (Å²) in [7, 11) is 0. The van der Waals surface area contributed by atoms with Gasteiger partial charge >= 0.3 is 0 Å². The SMILES string of the molecule is CCOc1cccc(/C(O)=C2/C(=O)C(=O)N(Cc3cccs3)C2c2cccs2)c1. The first-order valence-electron chi connectivity index (χ1n) is 9.17. The van der Waals surface area contributed by atoms with Gasteiger partial charge in [0.25, 0.3) is 11.7 Å². The van der Waals surface area contributed by atoms with Gasteiger partial charge < -0.3 is 14.7 Å². The quantitative estimate of drug-likeness (QED) is 0.349. The van der Waals surface area contributed by atoms with Crippen molar-refractivity contribution in [1.82, 2.24) is 4.90 Å². The minimum atomic E-state index is -0.667. The molecule has 3 aromatic rings. The first-order chi connectivity index (χ1) is 14.1. The number of thiophene rings is 2. The fraction of sp³-hybridized carbons (Fsp3) is 0.182. The summed E-state index contributed by atoms with van der Waals surface area (Å²) in [4.78, 5) is 29.2. The predicted octanol–water partition coefficient (Wildman–Crippen LogP) is 4.83. The van der Waals surface area contributed by atoms with Gasteiger partial charge in [-0.2, -0.15) is 0 Å². The van der Waals surface area contributed by atoms with Crippen molar-refractivity contribution in [2.24, 2.45) is 0 Å². The van der Waals surface area contributed by atoms with E-state index in [0.717, 1.165) is 9.75 Å². The van der Waals surface area contributed by atoms with Crippen molar-refractivity contribution >= 4 is 40.1 Å². The summed E-state index contributed by atoms with van der Waals surface area (Å²) in [5, 5.41) is 14.9. The van der Waals surface area contributed by atoms with Crippen LogP contribution in [0.1, 0.15) is 28.3 Å². The van der Waals surface area contributed by atoms with E-state index >= 15 is 0 Å². The van der Waals surface area contributed by atoms with Gasteiger partial charge in [0.2, 0.25) is 0 Å². The number of aliphatic hydroxyl groups excluding tert-OH is 1. The predicted molar refractivity (Wildman–Crippen MR) is 114 cm³/mol. The van der Waals surface area contributed by atoms with Crippen molar-refractivity contribution in [3.05, 3.63) is 80.2 Å². The van der Waals surface area contributed by atoms with Gasteiger partial charge in [-0.1, -0.05) is 24.3 Å². The van der Waals surface area contributed by atoms with E-state index in [4.69, 9.17) is 4.74 Å². The first-order valence-corrected chi connectivity index (χ1v) is 10.9. The third-order valence-corrected chi connectivity index (χ3v) is 6.46. The molecule has 1 saturated heterocycles. The largest absolute Gasteiger partial charge is 0.507 e. The van der Waals surface area contributed by atoms with Crippen molar-refractivity contribution in [3.8, 4) is 5.75 Å². The lowest BCUT2D eigenvalue weighted by Gasteiger charge is -2.23. The van der Waals surface area contributed by atoms with Crippen molar-refractivity contribution in [2.45, 2.75) is 19.5 Å². The van der Waals surface area contributed by atoms with Gasteiger partial charge in [0.1, 0.15) is 17.6 Å². The Bertz CT molecular complexity index is 1050. The van der Waals surface area contributed by atoms with Crippen LogP contribution in [-0.4, -0.2) is 28.3 Å². The molecule has 1 fully saturated rings. The molecule has 2 aromatic heterocycles. The molecule has 1 aromatic carbocycles. The van der Waals surface area contributed by atoms with Crippen LogP contribution in [0, 0.1) is 0 Å². The summed E-state index contributed by atoms with van der Waals surface area (Å²) in [5.41, 5.74) is 0.564. The fourth-order valence-electron chi connectivity index (χ4n) is 3.41. The van der Waals surface area contributed by atoms with E-state index in [1.54, 1.807) is 24.3 Å². The van der Waals surface area contributed by atoms with E-state index in [1.807, 2.05) is 41.9 Å². The number of likely N-dealkylation sites (tertiary alicyclic amines) is 1. The van der Waals surface area contributed by atoms with Crippen molar-refractivity contribution in [2.75, 3.05) is 6.61 Å². The minimum Gasteiger partial charge on any atom is -0.507 e. The Morgan fingerprint density at radius 2 is 1.90 bits per heavy atom. The van der Waals surface area contributed by atoms with Gasteiger partial charge in [-0.25, -0.2) is 0 Å². The summed E-state index contributed by atoms with van der Waals surface area (Å²) in [5.74, 6) is -0.854. The highest BCUT2D eigenvalue weighted by Crippen LogP contribution is 2.42. The van der Waals surface area contributed by atoms with E-state index in [9.17, 15) is 14.7 Å². The molecule has 0 radical (unpaired) electrons. The van der Waals surface area contributed by atoms with Gasteiger partial charge in [-0.15, -0.1) is 22.7 Å². The molecule has 1 aliphatic heterocycles. The van der Waals surface area contributed by atoms with Crippen LogP contribution in [0.15, 0.2) is 64.9 Å². The smallest absolute Gasteiger partial charge is 0.296 e. The Labute approximate surface area is 176 Å². The van der Waals surface area contributed by atoms with Gasteiger partial charge in [0.05, 0.1) is 18.7 Å². The molecule has 1 N–H and O–H groups in total. The van der Waals surface area contributed by atoms with Crippen LogP contribution >= 0.6 is 22.7 Å². The first kappa shape index (κ1) is 19.4. The summed E-state index contributed by atoms with van der Waals surface area (Å²) in [6.07, 6.45) is 0. The van der Waals surface area contributed by atoms with E-state index in [0.29, 0.717) is 24.5 Å². The summed E-state index contributed by atoms with van der Waals surface area (Å²) in [6.45, 7) is 2.69. The Balaban J connectivity index is 1.81. The van der Waals surface area contributed by atoms with Gasteiger partial charge in [-0.05, 0) is 41.9 Å².